The molecule has 0 unspecified atom stereocenters. The number of carbonyl (C=O) groups excluding carboxylic acids is 2. The van der Waals surface area contributed by atoms with E-state index in [9.17, 15) is 9.59 Å². The number of hydrogen-bond acceptors (Lipinski definition) is 9. The van der Waals surface area contributed by atoms with Gasteiger partial charge in [-0.2, -0.15) is 0 Å². The molecule has 0 saturated carbocycles. The van der Waals surface area contributed by atoms with Crippen molar-refractivity contribution in [2.75, 3.05) is 40.3 Å². The number of nitrogens with two attached hydrogens (primary N) is 2. The lowest BCUT2D eigenvalue weighted by molar-refractivity contribution is -0.116. The highest BCUT2D eigenvalue weighted by atomic mass is 16.5. The molecule has 0 saturated heterocycles. The van der Waals surface area contributed by atoms with Crippen molar-refractivity contribution in [3.63, 3.8) is 0 Å². The Morgan fingerprint density at radius 1 is 0.943 bits per heavy atom. The molecule has 2 amide bonds. The summed E-state index contributed by atoms with van der Waals surface area (Å²) in [5, 5.41) is 6.71. The Morgan fingerprint density at radius 3 is 2.14 bits per heavy atom. The number of primary amides is 1. The Kier molecular flexibility index (Phi) is 8.16. The summed E-state index contributed by atoms with van der Waals surface area (Å²) >= 11 is 0. The van der Waals surface area contributed by atoms with Gasteiger partial charge in [-0.3, -0.25) is 9.59 Å². The van der Waals surface area contributed by atoms with Gasteiger partial charge in [0.05, 0.1) is 45.9 Å². The van der Waals surface area contributed by atoms with Crippen LogP contribution in [-0.4, -0.2) is 52.0 Å². The number of aromatic nitrogens is 1. The zero-order valence-electron chi connectivity index (χ0n) is 20.0. The second-order valence-electron chi connectivity index (χ2n) is 7.39. The van der Waals surface area contributed by atoms with Crippen LogP contribution >= 0.6 is 0 Å². The zero-order valence-corrected chi connectivity index (χ0v) is 20.0. The maximum absolute atomic E-state index is 12.4. The average Bonchev–Trinajstić information content (AvgIpc) is 3.36. The van der Waals surface area contributed by atoms with Crippen LogP contribution in [0.1, 0.15) is 23.2 Å². The first-order chi connectivity index (χ1) is 16.9. The highest BCUT2D eigenvalue weighted by Crippen LogP contribution is 2.44. The summed E-state index contributed by atoms with van der Waals surface area (Å²) < 4.78 is 27.2. The number of benzene rings is 2. The lowest BCUT2D eigenvalue weighted by Gasteiger charge is -2.16. The van der Waals surface area contributed by atoms with Gasteiger partial charge in [0.2, 0.25) is 11.7 Å². The van der Waals surface area contributed by atoms with Crippen LogP contribution in [0, 0.1) is 0 Å². The van der Waals surface area contributed by atoms with Crippen molar-refractivity contribution in [1.29, 1.82) is 0 Å². The topological polar surface area (TPSA) is 161 Å². The Labute approximate surface area is 202 Å². The molecule has 0 fully saturated rings. The molecule has 0 bridgehead atoms. The Morgan fingerprint density at radius 2 is 1.60 bits per heavy atom. The van der Waals surface area contributed by atoms with Gasteiger partial charge in [0.1, 0.15) is 0 Å². The third-order valence-corrected chi connectivity index (χ3v) is 5.25. The first kappa shape index (κ1) is 25.4. The quantitative estimate of drug-likeness (QED) is 0.371. The molecule has 1 heterocycles. The number of nitrogens with zero attached hydrogens (tertiary/aromatic N) is 1. The van der Waals surface area contributed by atoms with Crippen LogP contribution in [0.15, 0.2) is 35.0 Å². The molecule has 0 radical (unpaired) electrons. The molecular formula is C24H28N4O7. The fourth-order valence-electron chi connectivity index (χ4n) is 3.62. The van der Waals surface area contributed by atoms with Gasteiger partial charge in [-0.05, 0) is 42.8 Å². The lowest BCUT2D eigenvalue weighted by atomic mass is 9.98. The van der Waals surface area contributed by atoms with Crippen LogP contribution in [0.25, 0.3) is 22.5 Å². The van der Waals surface area contributed by atoms with Crippen molar-refractivity contribution in [2.45, 2.75) is 12.8 Å². The summed E-state index contributed by atoms with van der Waals surface area (Å²) in [6, 6.07) is 6.61. The summed E-state index contributed by atoms with van der Waals surface area (Å²) in [6.07, 6.45) is 2.21. The van der Waals surface area contributed by atoms with Crippen LogP contribution in [0.2, 0.25) is 0 Å². The van der Waals surface area contributed by atoms with E-state index in [1.165, 1.54) is 34.6 Å². The Balaban J connectivity index is 2.17. The van der Waals surface area contributed by atoms with E-state index in [4.69, 9.17) is 34.9 Å². The van der Waals surface area contributed by atoms with Crippen molar-refractivity contribution in [3.8, 4) is 45.4 Å². The van der Waals surface area contributed by atoms with Crippen LogP contribution in [0.5, 0.6) is 23.0 Å². The van der Waals surface area contributed by atoms with Crippen molar-refractivity contribution < 1.29 is 33.1 Å². The molecule has 0 aliphatic carbocycles. The second kappa shape index (κ2) is 11.3. The van der Waals surface area contributed by atoms with E-state index < -0.39 is 5.91 Å². The minimum absolute atomic E-state index is 0.0798. The van der Waals surface area contributed by atoms with E-state index in [-0.39, 0.29) is 29.3 Å². The van der Waals surface area contributed by atoms with Gasteiger partial charge in [0.15, 0.2) is 23.0 Å². The summed E-state index contributed by atoms with van der Waals surface area (Å²) in [4.78, 5) is 24.6. The molecule has 0 spiro atoms. The van der Waals surface area contributed by atoms with Crippen molar-refractivity contribution in [1.82, 2.24) is 5.16 Å². The number of anilines is 1. The monoisotopic (exact) mass is 484 g/mol. The number of rotatable bonds is 11. The molecule has 2 aromatic carbocycles. The van der Waals surface area contributed by atoms with E-state index in [0.717, 1.165) is 0 Å². The third-order valence-electron chi connectivity index (χ3n) is 5.25. The molecule has 3 rings (SSSR count). The molecule has 35 heavy (non-hydrogen) atoms. The van der Waals surface area contributed by atoms with E-state index in [2.05, 4.69) is 10.5 Å². The smallest absolute Gasteiger partial charge is 0.252 e. The highest BCUT2D eigenvalue weighted by molar-refractivity contribution is 6.03. The van der Waals surface area contributed by atoms with Gasteiger partial charge in [-0.1, -0.05) is 5.16 Å². The van der Waals surface area contributed by atoms with Gasteiger partial charge >= 0.3 is 0 Å². The summed E-state index contributed by atoms with van der Waals surface area (Å²) in [6.45, 7) is 0.371. The maximum Gasteiger partial charge on any atom is 0.252 e. The lowest BCUT2D eigenvalue weighted by Crippen LogP contribution is -2.17. The SMILES string of the molecule is COc1cc(-c2oncc2-c2cc(NC(=O)CCCN)c(OC)c(C(N)=O)c2)cc(OC)c1OC. The third kappa shape index (κ3) is 5.30. The molecule has 11 nitrogen and oxygen atoms in total. The number of methoxy groups -OCH3 is 4. The van der Waals surface area contributed by atoms with Crippen LogP contribution in [-0.2, 0) is 4.79 Å². The van der Waals surface area contributed by atoms with Gasteiger partial charge in [0.25, 0.3) is 5.91 Å². The van der Waals surface area contributed by atoms with Gasteiger partial charge in [0, 0.05) is 17.5 Å². The normalized spacial score (nSPS) is 10.5. The summed E-state index contributed by atoms with van der Waals surface area (Å²) in [7, 11) is 5.90. The minimum Gasteiger partial charge on any atom is -0.494 e. The summed E-state index contributed by atoms with van der Waals surface area (Å²) in [5.74, 6) is 0.763. The standard InChI is InChI=1S/C24H28N4O7/c1-31-18-10-14(11-19(32-2)23(18)34-4)21-16(12-27-35-21)13-8-15(24(26)30)22(33-3)17(9-13)28-20(29)6-5-7-25/h8-12H,5-7,25H2,1-4H3,(H2,26,30)(H,28,29). The molecule has 0 aliphatic heterocycles. The number of amides is 2. The average molecular weight is 485 g/mol. The fourth-order valence-corrected chi connectivity index (χ4v) is 3.62. The molecule has 5 N–H and O–H groups in total. The van der Waals surface area contributed by atoms with E-state index in [1.807, 2.05) is 0 Å². The van der Waals surface area contributed by atoms with E-state index in [0.29, 0.717) is 52.7 Å². The number of nitrogens with one attached hydrogen (secondary N) is 1. The van der Waals surface area contributed by atoms with Crippen molar-refractivity contribution in [2.24, 2.45) is 11.5 Å². The molecule has 1 aromatic heterocycles. The van der Waals surface area contributed by atoms with E-state index in [1.54, 1.807) is 24.3 Å². The molecule has 0 atom stereocenters. The van der Waals surface area contributed by atoms with Crippen LogP contribution in [0.4, 0.5) is 5.69 Å². The molecular weight excluding hydrogens is 456 g/mol. The number of ether oxygens (including phenoxy) is 4. The molecule has 0 aliphatic rings. The van der Waals surface area contributed by atoms with Gasteiger partial charge < -0.3 is 40.3 Å². The van der Waals surface area contributed by atoms with Crippen LogP contribution < -0.4 is 35.7 Å². The number of hydrogen-bond donors (Lipinski definition) is 3. The van der Waals surface area contributed by atoms with E-state index >= 15 is 0 Å². The van der Waals surface area contributed by atoms with Crippen molar-refractivity contribution in [3.05, 3.63) is 36.0 Å². The molecule has 186 valence electrons. The summed E-state index contributed by atoms with van der Waals surface area (Å²) in [5.41, 5.74) is 13.1. The number of carbonyl (C=O) groups is 2. The van der Waals surface area contributed by atoms with Crippen LogP contribution in [0.3, 0.4) is 0 Å². The fraction of sp³-hybridized carbons (Fsp3) is 0.292. The molecule has 3 aromatic rings. The first-order valence-corrected chi connectivity index (χ1v) is 10.7. The van der Waals surface area contributed by atoms with Gasteiger partial charge in [-0.15, -0.1) is 0 Å². The first-order valence-electron chi connectivity index (χ1n) is 10.7. The Hall–Kier alpha value is -4.25. The largest absolute Gasteiger partial charge is 0.494 e. The second-order valence-corrected chi connectivity index (χ2v) is 7.39. The Bertz CT molecular complexity index is 1200. The minimum atomic E-state index is -0.730. The predicted octanol–water partition coefficient (Wildman–Crippen LogP) is 2.82. The van der Waals surface area contributed by atoms with Crippen molar-refractivity contribution >= 4 is 17.5 Å². The predicted molar refractivity (Wildman–Crippen MR) is 129 cm³/mol. The van der Waals surface area contributed by atoms with Gasteiger partial charge in [-0.25, -0.2) is 0 Å². The maximum atomic E-state index is 12.4. The molecule has 11 heteroatoms. The highest BCUT2D eigenvalue weighted by Gasteiger charge is 2.23. The zero-order chi connectivity index (χ0) is 25.5.